The van der Waals surface area contributed by atoms with Crippen LogP contribution in [0.25, 0.3) is 0 Å². The van der Waals surface area contributed by atoms with Gasteiger partial charge in [0, 0.05) is 6.61 Å². The molecule has 108 valence electrons. The largest absolute Gasteiger partial charge is 0.379 e. The highest BCUT2D eigenvalue weighted by atomic mass is 32.2. The van der Waals surface area contributed by atoms with Crippen LogP contribution in [-0.4, -0.2) is 43.3 Å². The molecule has 0 spiro atoms. The van der Waals surface area contributed by atoms with Crippen LogP contribution in [0.3, 0.4) is 0 Å². The van der Waals surface area contributed by atoms with E-state index in [2.05, 4.69) is 10.1 Å². The lowest BCUT2D eigenvalue weighted by Gasteiger charge is -2.06. The summed E-state index contributed by atoms with van der Waals surface area (Å²) in [5.74, 6) is 0.796. The third-order valence-corrected chi connectivity index (χ3v) is 4.78. The minimum absolute atomic E-state index is 0.0796. The van der Waals surface area contributed by atoms with E-state index in [-0.39, 0.29) is 17.4 Å². The number of hydrogen-bond donors (Lipinski definition) is 1. The van der Waals surface area contributed by atoms with E-state index in [1.54, 1.807) is 0 Å². The SMILES string of the molecule is CCCOCC(N)c1noc(C2CCS(=O)(=O)C2)n1. The number of aromatic nitrogens is 2. The smallest absolute Gasteiger partial charge is 0.230 e. The van der Waals surface area contributed by atoms with Crippen molar-refractivity contribution < 1.29 is 17.7 Å². The van der Waals surface area contributed by atoms with E-state index in [0.717, 1.165) is 6.42 Å². The van der Waals surface area contributed by atoms with Gasteiger partial charge in [0.1, 0.15) is 0 Å². The summed E-state index contributed by atoms with van der Waals surface area (Å²) in [5, 5.41) is 3.80. The molecular formula is C11H19N3O4S. The van der Waals surface area contributed by atoms with Crippen LogP contribution in [0.5, 0.6) is 0 Å². The van der Waals surface area contributed by atoms with Gasteiger partial charge in [-0.3, -0.25) is 0 Å². The summed E-state index contributed by atoms with van der Waals surface area (Å²) in [5.41, 5.74) is 5.87. The lowest BCUT2D eigenvalue weighted by Crippen LogP contribution is -2.19. The molecule has 1 saturated heterocycles. The third-order valence-electron chi connectivity index (χ3n) is 3.02. The molecule has 0 radical (unpaired) electrons. The van der Waals surface area contributed by atoms with Crippen molar-refractivity contribution >= 4 is 9.84 Å². The van der Waals surface area contributed by atoms with Gasteiger partial charge in [-0.1, -0.05) is 12.1 Å². The Morgan fingerprint density at radius 1 is 1.58 bits per heavy atom. The summed E-state index contributed by atoms with van der Waals surface area (Å²) < 4.78 is 33.2. The van der Waals surface area contributed by atoms with E-state index in [9.17, 15) is 8.42 Å². The first-order valence-electron chi connectivity index (χ1n) is 6.39. The molecule has 2 heterocycles. The van der Waals surface area contributed by atoms with Gasteiger partial charge in [0.15, 0.2) is 15.7 Å². The molecular weight excluding hydrogens is 270 g/mol. The van der Waals surface area contributed by atoms with Gasteiger partial charge in [-0.15, -0.1) is 0 Å². The number of ether oxygens (including phenoxy) is 1. The van der Waals surface area contributed by atoms with Gasteiger partial charge < -0.3 is 15.0 Å². The first kappa shape index (κ1) is 14.4. The molecule has 1 aliphatic rings. The second-order valence-electron chi connectivity index (χ2n) is 4.77. The first-order chi connectivity index (χ1) is 9.02. The molecule has 1 aromatic rings. The monoisotopic (exact) mass is 289 g/mol. The Hall–Kier alpha value is -0.990. The van der Waals surface area contributed by atoms with Crippen molar-refractivity contribution in [3.63, 3.8) is 0 Å². The van der Waals surface area contributed by atoms with Crippen molar-refractivity contribution in [3.8, 4) is 0 Å². The van der Waals surface area contributed by atoms with Gasteiger partial charge in [-0.05, 0) is 12.8 Å². The Bertz CT molecular complexity index is 514. The van der Waals surface area contributed by atoms with Gasteiger partial charge in [0.05, 0.1) is 30.1 Å². The van der Waals surface area contributed by atoms with Crippen molar-refractivity contribution in [2.24, 2.45) is 5.73 Å². The van der Waals surface area contributed by atoms with E-state index < -0.39 is 15.9 Å². The summed E-state index contributed by atoms with van der Waals surface area (Å²) in [6, 6.07) is -0.443. The number of sulfone groups is 1. The minimum Gasteiger partial charge on any atom is -0.379 e. The lowest BCUT2D eigenvalue weighted by molar-refractivity contribution is 0.119. The first-order valence-corrected chi connectivity index (χ1v) is 8.21. The second kappa shape index (κ2) is 5.98. The summed E-state index contributed by atoms with van der Waals surface area (Å²) in [4.78, 5) is 4.19. The number of rotatable bonds is 6. The van der Waals surface area contributed by atoms with Crippen LogP contribution >= 0.6 is 0 Å². The molecule has 0 saturated carbocycles. The Kier molecular flexibility index (Phi) is 4.54. The Labute approximate surface area is 112 Å². The molecule has 1 fully saturated rings. The highest BCUT2D eigenvalue weighted by molar-refractivity contribution is 7.91. The van der Waals surface area contributed by atoms with E-state index in [1.807, 2.05) is 6.92 Å². The summed E-state index contributed by atoms with van der Waals surface area (Å²) in [6.07, 6.45) is 1.45. The molecule has 1 aliphatic heterocycles. The van der Waals surface area contributed by atoms with Crippen molar-refractivity contribution in [1.82, 2.24) is 10.1 Å². The molecule has 0 aromatic carbocycles. The molecule has 2 rings (SSSR count). The maximum Gasteiger partial charge on any atom is 0.230 e. The Balaban J connectivity index is 1.95. The highest BCUT2D eigenvalue weighted by Gasteiger charge is 2.33. The predicted molar refractivity (Wildman–Crippen MR) is 68.3 cm³/mol. The topological polar surface area (TPSA) is 108 Å². The zero-order valence-electron chi connectivity index (χ0n) is 10.9. The summed E-state index contributed by atoms with van der Waals surface area (Å²) in [6.45, 7) is 2.98. The molecule has 0 amide bonds. The zero-order chi connectivity index (χ0) is 13.9. The molecule has 1 aromatic heterocycles. The van der Waals surface area contributed by atoms with Gasteiger partial charge in [-0.25, -0.2) is 8.42 Å². The van der Waals surface area contributed by atoms with Crippen molar-refractivity contribution in [3.05, 3.63) is 11.7 Å². The van der Waals surface area contributed by atoms with Gasteiger partial charge in [0.25, 0.3) is 0 Å². The van der Waals surface area contributed by atoms with Crippen LogP contribution in [0.1, 0.15) is 43.4 Å². The standard InChI is InChI=1S/C11H19N3O4S/c1-2-4-17-6-9(12)10-13-11(18-14-10)8-3-5-19(15,16)7-8/h8-9H,2-7,12H2,1H3. The average Bonchev–Trinajstić information content (AvgIpc) is 2.95. The molecule has 0 aliphatic carbocycles. The van der Waals surface area contributed by atoms with E-state index in [0.29, 0.717) is 31.3 Å². The molecule has 2 unspecified atom stereocenters. The quantitative estimate of drug-likeness (QED) is 0.755. The van der Waals surface area contributed by atoms with Gasteiger partial charge >= 0.3 is 0 Å². The number of nitrogens with zero attached hydrogens (tertiary/aromatic N) is 2. The molecule has 8 heteroatoms. The Morgan fingerprint density at radius 3 is 3.00 bits per heavy atom. The second-order valence-corrected chi connectivity index (χ2v) is 7.00. The maximum absolute atomic E-state index is 11.4. The normalized spacial score (nSPS) is 23.6. The van der Waals surface area contributed by atoms with Gasteiger partial charge in [-0.2, -0.15) is 4.98 Å². The minimum atomic E-state index is -2.96. The summed E-state index contributed by atoms with van der Waals surface area (Å²) in [7, 11) is -2.96. The van der Waals surface area contributed by atoms with Crippen LogP contribution in [0.4, 0.5) is 0 Å². The van der Waals surface area contributed by atoms with Crippen LogP contribution in [0.2, 0.25) is 0 Å². The van der Waals surface area contributed by atoms with Crippen LogP contribution < -0.4 is 5.73 Å². The molecule has 19 heavy (non-hydrogen) atoms. The van der Waals surface area contributed by atoms with Gasteiger partial charge in [0.2, 0.25) is 5.89 Å². The number of nitrogens with two attached hydrogens (primary N) is 1. The number of hydrogen-bond acceptors (Lipinski definition) is 7. The lowest BCUT2D eigenvalue weighted by atomic mass is 10.1. The Morgan fingerprint density at radius 2 is 2.37 bits per heavy atom. The van der Waals surface area contributed by atoms with Crippen molar-refractivity contribution in [2.75, 3.05) is 24.7 Å². The van der Waals surface area contributed by atoms with Crippen LogP contribution in [0, 0.1) is 0 Å². The molecule has 0 bridgehead atoms. The molecule has 2 N–H and O–H groups in total. The highest BCUT2D eigenvalue weighted by Crippen LogP contribution is 2.28. The fourth-order valence-corrected chi connectivity index (χ4v) is 3.72. The molecule has 7 nitrogen and oxygen atoms in total. The zero-order valence-corrected chi connectivity index (χ0v) is 11.7. The van der Waals surface area contributed by atoms with E-state index >= 15 is 0 Å². The predicted octanol–water partition coefficient (Wildman–Crippen LogP) is 0.398. The third kappa shape index (κ3) is 3.74. The molecule has 2 atom stereocenters. The fourth-order valence-electron chi connectivity index (χ4n) is 1.98. The average molecular weight is 289 g/mol. The maximum atomic E-state index is 11.4. The van der Waals surface area contributed by atoms with Crippen molar-refractivity contribution in [2.45, 2.75) is 31.7 Å². The fraction of sp³-hybridized carbons (Fsp3) is 0.818. The van der Waals surface area contributed by atoms with Crippen molar-refractivity contribution in [1.29, 1.82) is 0 Å². The van der Waals surface area contributed by atoms with Crippen LogP contribution in [-0.2, 0) is 14.6 Å². The van der Waals surface area contributed by atoms with E-state index in [4.69, 9.17) is 15.0 Å². The van der Waals surface area contributed by atoms with Crippen LogP contribution in [0.15, 0.2) is 4.52 Å². The summed E-state index contributed by atoms with van der Waals surface area (Å²) >= 11 is 0. The van der Waals surface area contributed by atoms with E-state index in [1.165, 1.54) is 0 Å².